The van der Waals surface area contributed by atoms with Crippen LogP contribution < -0.4 is 5.32 Å². The molecule has 5 heteroatoms. The second-order valence-corrected chi connectivity index (χ2v) is 6.76. The average Bonchev–Trinajstić information content (AvgIpc) is 2.67. The molecule has 0 unspecified atom stereocenters. The predicted molar refractivity (Wildman–Crippen MR) is 101 cm³/mol. The quantitative estimate of drug-likeness (QED) is 0.495. The van der Waals surface area contributed by atoms with E-state index in [1.54, 1.807) is 12.1 Å². The fraction of sp³-hybridized carbons (Fsp3) is 0.286. The Morgan fingerprint density at radius 2 is 1.85 bits per heavy atom. The van der Waals surface area contributed by atoms with Crippen molar-refractivity contribution in [3.8, 4) is 0 Å². The van der Waals surface area contributed by atoms with Gasteiger partial charge in [-0.25, -0.2) is 0 Å². The van der Waals surface area contributed by atoms with Crippen LogP contribution in [0.4, 0.5) is 5.69 Å². The van der Waals surface area contributed by atoms with E-state index in [0.717, 1.165) is 17.5 Å². The zero-order valence-electron chi connectivity index (χ0n) is 14.7. The van der Waals surface area contributed by atoms with Crippen LogP contribution >= 0.6 is 0 Å². The molecule has 1 aliphatic carbocycles. The summed E-state index contributed by atoms with van der Waals surface area (Å²) < 4.78 is 0. The van der Waals surface area contributed by atoms with Crippen molar-refractivity contribution < 1.29 is 9.72 Å². The number of hydrogen-bond donors (Lipinski definition) is 1. The van der Waals surface area contributed by atoms with Crippen molar-refractivity contribution >= 4 is 11.6 Å². The van der Waals surface area contributed by atoms with Crippen molar-refractivity contribution in [1.29, 1.82) is 0 Å². The summed E-state index contributed by atoms with van der Waals surface area (Å²) in [7, 11) is 0. The van der Waals surface area contributed by atoms with Crippen molar-refractivity contribution in [2.24, 2.45) is 5.92 Å². The van der Waals surface area contributed by atoms with E-state index in [1.807, 2.05) is 30.3 Å². The molecule has 0 aliphatic heterocycles. The number of benzene rings is 2. The van der Waals surface area contributed by atoms with E-state index < -0.39 is 4.92 Å². The summed E-state index contributed by atoms with van der Waals surface area (Å²) in [6.45, 7) is 2.57. The number of nitrogens with zero attached hydrogens (tertiary/aromatic N) is 1. The standard InChI is InChI=1S/C21H22N2O3/c1-15-7-12-19(21(24)22-14-16-5-3-2-4-6-16)20(13-15)17-8-10-18(11-9-17)23(25)26/h2-11,19-20H,12-14H2,1H3,(H,22,24)/t19-,20-/m1/s1. The molecule has 2 aromatic rings. The highest BCUT2D eigenvalue weighted by atomic mass is 16.6. The number of rotatable bonds is 5. The van der Waals surface area contributed by atoms with Crippen LogP contribution in [0.2, 0.25) is 0 Å². The molecule has 26 heavy (non-hydrogen) atoms. The summed E-state index contributed by atoms with van der Waals surface area (Å²) in [6.07, 6.45) is 3.60. The van der Waals surface area contributed by atoms with Crippen LogP contribution in [0, 0.1) is 16.0 Å². The van der Waals surface area contributed by atoms with Crippen molar-refractivity contribution in [3.63, 3.8) is 0 Å². The normalized spacial score (nSPS) is 19.5. The number of nitrogens with one attached hydrogen (secondary N) is 1. The summed E-state index contributed by atoms with van der Waals surface area (Å²) >= 11 is 0. The van der Waals surface area contributed by atoms with Crippen LogP contribution in [0.15, 0.2) is 66.2 Å². The Labute approximate surface area is 152 Å². The molecule has 0 saturated carbocycles. The monoisotopic (exact) mass is 350 g/mol. The first kappa shape index (κ1) is 17.9. The van der Waals surface area contributed by atoms with Crippen molar-refractivity contribution in [2.45, 2.75) is 32.2 Å². The second-order valence-electron chi connectivity index (χ2n) is 6.76. The maximum absolute atomic E-state index is 12.8. The van der Waals surface area contributed by atoms with E-state index in [2.05, 4.69) is 18.3 Å². The lowest BCUT2D eigenvalue weighted by molar-refractivity contribution is -0.384. The molecule has 1 amide bonds. The van der Waals surface area contributed by atoms with Crippen LogP contribution in [-0.2, 0) is 11.3 Å². The first-order chi connectivity index (χ1) is 12.5. The number of nitro benzene ring substituents is 1. The first-order valence-electron chi connectivity index (χ1n) is 8.76. The molecule has 0 fully saturated rings. The molecule has 0 aromatic heterocycles. The van der Waals surface area contributed by atoms with E-state index in [-0.39, 0.29) is 23.4 Å². The Morgan fingerprint density at radius 3 is 2.50 bits per heavy atom. The van der Waals surface area contributed by atoms with Gasteiger partial charge in [0, 0.05) is 24.6 Å². The number of carbonyl (C=O) groups is 1. The summed E-state index contributed by atoms with van der Waals surface area (Å²) in [5.74, 6) is -0.0959. The predicted octanol–water partition coefficient (Wildman–Crippen LogP) is 4.35. The second kappa shape index (κ2) is 7.95. The van der Waals surface area contributed by atoms with Crippen molar-refractivity contribution in [2.75, 3.05) is 0 Å². The van der Waals surface area contributed by atoms with Gasteiger partial charge in [-0.1, -0.05) is 54.1 Å². The summed E-state index contributed by atoms with van der Waals surface area (Å²) in [6, 6.07) is 16.4. The van der Waals surface area contributed by atoms with Gasteiger partial charge in [0.15, 0.2) is 0 Å². The number of non-ortho nitro benzene ring substituents is 1. The highest BCUT2D eigenvalue weighted by Gasteiger charge is 2.31. The minimum absolute atomic E-state index is 0.0287. The Bertz CT molecular complexity index is 813. The van der Waals surface area contributed by atoms with Gasteiger partial charge in [-0.15, -0.1) is 0 Å². The summed E-state index contributed by atoms with van der Waals surface area (Å²) in [5, 5.41) is 13.9. The highest BCUT2D eigenvalue weighted by molar-refractivity contribution is 5.80. The average molecular weight is 350 g/mol. The summed E-state index contributed by atoms with van der Waals surface area (Å²) in [4.78, 5) is 23.3. The van der Waals surface area contributed by atoms with Crippen molar-refractivity contribution in [1.82, 2.24) is 5.32 Å². The molecule has 0 bridgehead atoms. The molecule has 1 aliphatic rings. The minimum atomic E-state index is -0.403. The summed E-state index contributed by atoms with van der Waals surface area (Å²) in [5.41, 5.74) is 3.36. The molecule has 0 radical (unpaired) electrons. The lowest BCUT2D eigenvalue weighted by Crippen LogP contribution is -2.35. The molecule has 2 atom stereocenters. The van der Waals surface area contributed by atoms with Gasteiger partial charge in [-0.3, -0.25) is 14.9 Å². The lowest BCUT2D eigenvalue weighted by atomic mass is 9.75. The van der Waals surface area contributed by atoms with E-state index in [9.17, 15) is 14.9 Å². The van der Waals surface area contributed by atoms with E-state index in [4.69, 9.17) is 0 Å². The Balaban J connectivity index is 1.75. The maximum atomic E-state index is 12.8. The van der Waals surface area contributed by atoms with Gasteiger partial charge in [-0.2, -0.15) is 0 Å². The lowest BCUT2D eigenvalue weighted by Gasteiger charge is -2.30. The molecular formula is C21H22N2O3. The van der Waals surface area contributed by atoms with Gasteiger partial charge in [0.25, 0.3) is 5.69 Å². The SMILES string of the molecule is CC1=CC[C@@H](C(=O)NCc2ccccc2)[C@@H](c2ccc([N+](=O)[O-])cc2)C1. The van der Waals surface area contributed by atoms with Gasteiger partial charge >= 0.3 is 0 Å². The van der Waals surface area contributed by atoms with Gasteiger partial charge in [0.1, 0.15) is 0 Å². The Kier molecular flexibility index (Phi) is 5.46. The van der Waals surface area contributed by atoms with E-state index in [0.29, 0.717) is 13.0 Å². The molecular weight excluding hydrogens is 328 g/mol. The zero-order chi connectivity index (χ0) is 18.5. The maximum Gasteiger partial charge on any atom is 0.269 e. The van der Waals surface area contributed by atoms with Crippen LogP contribution in [0.25, 0.3) is 0 Å². The minimum Gasteiger partial charge on any atom is -0.352 e. The topological polar surface area (TPSA) is 72.2 Å². The smallest absolute Gasteiger partial charge is 0.269 e. The number of allylic oxidation sites excluding steroid dienone is 2. The molecule has 0 heterocycles. The van der Waals surface area contributed by atoms with Gasteiger partial charge < -0.3 is 5.32 Å². The molecule has 134 valence electrons. The fourth-order valence-corrected chi connectivity index (χ4v) is 3.46. The molecule has 5 nitrogen and oxygen atoms in total. The Morgan fingerprint density at radius 1 is 1.15 bits per heavy atom. The van der Waals surface area contributed by atoms with E-state index >= 15 is 0 Å². The molecule has 2 aromatic carbocycles. The fourth-order valence-electron chi connectivity index (χ4n) is 3.46. The van der Waals surface area contributed by atoms with Crippen molar-refractivity contribution in [3.05, 3.63) is 87.5 Å². The molecule has 1 N–H and O–H groups in total. The zero-order valence-corrected chi connectivity index (χ0v) is 14.7. The Hall–Kier alpha value is -2.95. The highest BCUT2D eigenvalue weighted by Crippen LogP contribution is 2.38. The largest absolute Gasteiger partial charge is 0.352 e. The third kappa shape index (κ3) is 4.17. The number of nitro groups is 1. The van der Waals surface area contributed by atoms with Gasteiger partial charge in [-0.05, 0) is 36.8 Å². The third-order valence-corrected chi connectivity index (χ3v) is 4.93. The van der Waals surface area contributed by atoms with Gasteiger partial charge in [0.2, 0.25) is 5.91 Å². The first-order valence-corrected chi connectivity index (χ1v) is 8.76. The van der Waals surface area contributed by atoms with Crippen LogP contribution in [-0.4, -0.2) is 10.8 Å². The number of hydrogen-bond acceptors (Lipinski definition) is 3. The van der Waals surface area contributed by atoms with Gasteiger partial charge in [0.05, 0.1) is 4.92 Å². The molecule has 0 saturated heterocycles. The molecule has 3 rings (SSSR count). The molecule has 0 spiro atoms. The van der Waals surface area contributed by atoms with Crippen LogP contribution in [0.3, 0.4) is 0 Å². The third-order valence-electron chi connectivity index (χ3n) is 4.93. The number of amides is 1. The number of carbonyl (C=O) groups excluding carboxylic acids is 1. The van der Waals surface area contributed by atoms with Crippen LogP contribution in [0.5, 0.6) is 0 Å². The van der Waals surface area contributed by atoms with E-state index in [1.165, 1.54) is 17.7 Å². The van der Waals surface area contributed by atoms with Crippen LogP contribution in [0.1, 0.15) is 36.8 Å².